The van der Waals surface area contributed by atoms with E-state index in [1.165, 1.54) is 32.1 Å². The lowest BCUT2D eigenvalue weighted by Crippen LogP contribution is -2.16. The number of hydrogen-bond acceptors (Lipinski definition) is 3. The largest absolute Gasteiger partial charge is 0.481 e. The van der Waals surface area contributed by atoms with Crippen molar-refractivity contribution in [1.82, 2.24) is 0 Å². The molecule has 0 fully saturated rings. The normalized spacial score (nSPS) is 12.9. The van der Waals surface area contributed by atoms with Crippen LogP contribution in [0.4, 0.5) is 0 Å². The minimum absolute atomic E-state index is 0.0857. The van der Waals surface area contributed by atoms with Crippen molar-refractivity contribution in [3.8, 4) is 0 Å². The Morgan fingerprint density at radius 1 is 0.639 bits per heavy atom. The summed E-state index contributed by atoms with van der Waals surface area (Å²) in [5.41, 5.74) is 0. The first-order valence-electron chi connectivity index (χ1n) is 14.6. The standard InChI is InChI=1S/C32H54O4/c1-3-5-7-9-11-12-13-14-16-18-22-26-30(27-23-19-17-20-24-28-31(33)34)36-32(35)29-25-21-15-10-8-6-4-2/h5,7,11-12,14,16,22,26,30H,3-4,6,8-10,13,15,17-21,23-25,27-29H2,1-2H3,(H,33,34)/b7-5-,12-11-,16-14-,26-22-. The highest BCUT2D eigenvalue weighted by Gasteiger charge is 2.11. The fraction of sp³-hybridized carbons (Fsp3) is 0.688. The second-order valence-electron chi connectivity index (χ2n) is 9.56. The first-order valence-corrected chi connectivity index (χ1v) is 14.6. The number of ether oxygens (including phenoxy) is 1. The van der Waals surface area contributed by atoms with Crippen molar-refractivity contribution in [1.29, 1.82) is 0 Å². The lowest BCUT2D eigenvalue weighted by molar-refractivity contribution is -0.147. The summed E-state index contributed by atoms with van der Waals surface area (Å²) >= 11 is 0. The van der Waals surface area contributed by atoms with E-state index in [1.807, 2.05) is 6.08 Å². The molecule has 0 rings (SSSR count). The average molecular weight is 503 g/mol. The molecule has 0 saturated heterocycles. The van der Waals surface area contributed by atoms with Gasteiger partial charge in [-0.05, 0) is 57.4 Å². The van der Waals surface area contributed by atoms with E-state index in [-0.39, 0.29) is 18.5 Å². The van der Waals surface area contributed by atoms with Gasteiger partial charge in [0.15, 0.2) is 0 Å². The van der Waals surface area contributed by atoms with Crippen LogP contribution in [0, 0.1) is 0 Å². The van der Waals surface area contributed by atoms with Gasteiger partial charge in [0.2, 0.25) is 0 Å². The van der Waals surface area contributed by atoms with Crippen molar-refractivity contribution in [2.24, 2.45) is 0 Å². The minimum Gasteiger partial charge on any atom is -0.481 e. The summed E-state index contributed by atoms with van der Waals surface area (Å²) in [7, 11) is 0. The fourth-order valence-electron chi connectivity index (χ4n) is 3.91. The number of unbranched alkanes of at least 4 members (excludes halogenated alkanes) is 10. The van der Waals surface area contributed by atoms with Gasteiger partial charge in [-0.2, -0.15) is 0 Å². The SMILES string of the molecule is CC/C=C\C/C=C\C/C=C\C/C=C\C(CCCCCCCC(=O)O)OC(=O)CCCCCCCCC. The molecule has 1 N–H and O–H groups in total. The van der Waals surface area contributed by atoms with Gasteiger partial charge < -0.3 is 9.84 Å². The summed E-state index contributed by atoms with van der Waals surface area (Å²) in [6, 6.07) is 0. The number of carboxylic acids is 1. The van der Waals surface area contributed by atoms with Gasteiger partial charge in [0.1, 0.15) is 6.10 Å². The van der Waals surface area contributed by atoms with Crippen molar-refractivity contribution in [2.45, 2.75) is 142 Å². The van der Waals surface area contributed by atoms with E-state index in [4.69, 9.17) is 9.84 Å². The van der Waals surface area contributed by atoms with Crippen LogP contribution in [-0.2, 0) is 14.3 Å². The van der Waals surface area contributed by atoms with Crippen LogP contribution in [-0.4, -0.2) is 23.1 Å². The number of carbonyl (C=O) groups excluding carboxylic acids is 1. The van der Waals surface area contributed by atoms with E-state index in [0.717, 1.165) is 77.0 Å². The third kappa shape index (κ3) is 26.5. The van der Waals surface area contributed by atoms with E-state index >= 15 is 0 Å². The topological polar surface area (TPSA) is 63.6 Å². The molecule has 0 aromatic rings. The van der Waals surface area contributed by atoms with E-state index in [2.05, 4.69) is 56.4 Å². The van der Waals surface area contributed by atoms with Crippen molar-refractivity contribution >= 4 is 11.9 Å². The lowest BCUT2D eigenvalue weighted by atomic mass is 10.1. The number of carboxylic acid groups (broad SMARTS) is 1. The Labute approximate surface area is 222 Å². The third-order valence-corrected chi connectivity index (χ3v) is 6.05. The van der Waals surface area contributed by atoms with Crippen molar-refractivity contribution < 1.29 is 19.4 Å². The third-order valence-electron chi connectivity index (χ3n) is 6.05. The molecule has 1 unspecified atom stereocenters. The molecule has 0 bridgehead atoms. The van der Waals surface area contributed by atoms with E-state index in [0.29, 0.717) is 6.42 Å². The number of allylic oxidation sites excluding steroid dienone is 7. The molecule has 0 aliphatic heterocycles. The highest BCUT2D eigenvalue weighted by molar-refractivity contribution is 5.69. The molecular formula is C32H54O4. The van der Waals surface area contributed by atoms with Crippen LogP contribution < -0.4 is 0 Å². The molecule has 1 atom stereocenters. The molecule has 0 spiro atoms. The Morgan fingerprint density at radius 2 is 1.14 bits per heavy atom. The maximum Gasteiger partial charge on any atom is 0.306 e. The smallest absolute Gasteiger partial charge is 0.306 e. The Bertz CT molecular complexity index is 630. The lowest BCUT2D eigenvalue weighted by Gasteiger charge is -2.14. The van der Waals surface area contributed by atoms with E-state index < -0.39 is 5.97 Å². The minimum atomic E-state index is -0.720. The maximum atomic E-state index is 12.4. The van der Waals surface area contributed by atoms with Crippen LogP contribution in [0.1, 0.15) is 136 Å². The number of carbonyl (C=O) groups is 2. The summed E-state index contributed by atoms with van der Waals surface area (Å²) in [4.78, 5) is 23.0. The van der Waals surface area contributed by atoms with Crippen LogP contribution >= 0.6 is 0 Å². The van der Waals surface area contributed by atoms with Crippen molar-refractivity contribution in [3.05, 3.63) is 48.6 Å². The zero-order chi connectivity index (χ0) is 26.5. The summed E-state index contributed by atoms with van der Waals surface area (Å²) < 4.78 is 5.80. The van der Waals surface area contributed by atoms with Gasteiger partial charge >= 0.3 is 11.9 Å². The molecule has 0 radical (unpaired) electrons. The summed E-state index contributed by atoms with van der Waals surface area (Å²) in [5.74, 6) is -0.806. The predicted molar refractivity (Wildman–Crippen MR) is 153 cm³/mol. The summed E-state index contributed by atoms with van der Waals surface area (Å²) in [6.45, 7) is 4.37. The number of hydrogen-bond donors (Lipinski definition) is 1. The molecule has 0 aromatic carbocycles. The van der Waals surface area contributed by atoms with Crippen LogP contribution in [0.15, 0.2) is 48.6 Å². The Morgan fingerprint density at radius 3 is 1.72 bits per heavy atom. The van der Waals surface area contributed by atoms with Crippen molar-refractivity contribution in [2.75, 3.05) is 0 Å². The molecule has 36 heavy (non-hydrogen) atoms. The zero-order valence-electron chi connectivity index (χ0n) is 23.3. The molecule has 0 heterocycles. The summed E-state index contributed by atoms with van der Waals surface area (Å²) in [5, 5.41) is 8.73. The summed E-state index contributed by atoms with van der Waals surface area (Å²) in [6.07, 6.45) is 35.6. The molecule has 0 amide bonds. The molecule has 4 nitrogen and oxygen atoms in total. The van der Waals surface area contributed by atoms with Crippen molar-refractivity contribution in [3.63, 3.8) is 0 Å². The van der Waals surface area contributed by atoms with Crippen LogP contribution in [0.3, 0.4) is 0 Å². The Kier molecular flexibility index (Phi) is 25.9. The Balaban J connectivity index is 4.34. The van der Waals surface area contributed by atoms with Gasteiger partial charge in [0, 0.05) is 12.8 Å². The van der Waals surface area contributed by atoms with Crippen LogP contribution in [0.5, 0.6) is 0 Å². The molecule has 0 aromatic heterocycles. The molecule has 206 valence electrons. The fourth-order valence-corrected chi connectivity index (χ4v) is 3.91. The highest BCUT2D eigenvalue weighted by atomic mass is 16.5. The molecule has 4 heteroatoms. The molecule has 0 aliphatic rings. The van der Waals surface area contributed by atoms with E-state index in [1.54, 1.807) is 0 Å². The van der Waals surface area contributed by atoms with Crippen LogP contribution in [0.25, 0.3) is 0 Å². The molecular weight excluding hydrogens is 448 g/mol. The molecule has 0 aliphatic carbocycles. The van der Waals surface area contributed by atoms with Gasteiger partial charge in [-0.3, -0.25) is 9.59 Å². The van der Waals surface area contributed by atoms with E-state index in [9.17, 15) is 9.59 Å². The second kappa shape index (κ2) is 27.5. The number of aliphatic carboxylic acids is 1. The number of rotatable bonds is 25. The number of esters is 1. The predicted octanol–water partition coefficient (Wildman–Crippen LogP) is 9.66. The van der Waals surface area contributed by atoms with Gasteiger partial charge in [0.05, 0.1) is 0 Å². The monoisotopic (exact) mass is 502 g/mol. The average Bonchev–Trinajstić information content (AvgIpc) is 2.85. The second-order valence-corrected chi connectivity index (χ2v) is 9.56. The van der Waals surface area contributed by atoms with Gasteiger partial charge in [-0.15, -0.1) is 0 Å². The van der Waals surface area contributed by atoms with Gasteiger partial charge in [-0.1, -0.05) is 114 Å². The quantitative estimate of drug-likeness (QED) is 0.0766. The first kappa shape index (κ1) is 33.9. The maximum absolute atomic E-state index is 12.4. The van der Waals surface area contributed by atoms with Gasteiger partial charge in [0.25, 0.3) is 0 Å². The zero-order valence-corrected chi connectivity index (χ0v) is 23.3. The Hall–Kier alpha value is -2.10. The molecule has 0 saturated carbocycles. The van der Waals surface area contributed by atoms with Gasteiger partial charge in [-0.25, -0.2) is 0 Å². The first-order chi connectivity index (χ1) is 17.6. The van der Waals surface area contributed by atoms with Crippen LogP contribution in [0.2, 0.25) is 0 Å². The highest BCUT2D eigenvalue weighted by Crippen LogP contribution is 2.14.